The van der Waals surface area contributed by atoms with E-state index < -0.39 is 11.4 Å². The van der Waals surface area contributed by atoms with Gasteiger partial charge in [-0.3, -0.25) is 9.59 Å². The lowest BCUT2D eigenvalue weighted by atomic mass is 9.79. The smallest absolute Gasteiger partial charge is 0.310 e. The van der Waals surface area contributed by atoms with Gasteiger partial charge in [0.15, 0.2) is 0 Å². The molecule has 0 spiro atoms. The number of nitrogens with zero attached hydrogens (tertiary/aromatic N) is 2. The minimum atomic E-state index is -0.991. The van der Waals surface area contributed by atoms with Crippen LogP contribution in [0.15, 0.2) is 5.51 Å². The number of carboxylic acids is 1. The number of amides is 1. The Labute approximate surface area is 103 Å². The summed E-state index contributed by atoms with van der Waals surface area (Å²) in [5.74, 6) is -1.28. The molecular weight excluding hydrogens is 242 g/mol. The molecule has 17 heavy (non-hydrogen) atoms. The van der Waals surface area contributed by atoms with E-state index in [0.717, 1.165) is 0 Å². The van der Waals surface area contributed by atoms with E-state index in [9.17, 15) is 14.7 Å². The van der Waals surface area contributed by atoms with Crippen molar-refractivity contribution in [1.29, 1.82) is 0 Å². The van der Waals surface area contributed by atoms with Crippen LogP contribution >= 0.6 is 11.3 Å². The van der Waals surface area contributed by atoms with Gasteiger partial charge in [0.05, 0.1) is 5.41 Å². The summed E-state index contributed by atoms with van der Waals surface area (Å²) >= 11 is 1.20. The summed E-state index contributed by atoms with van der Waals surface area (Å²) in [5, 5.41) is 19.4. The standard InChI is InChI=1S/C10H15N3O3S/c1-3-10(4-2,8(15)16)5-7(14)12-9-13-11-6-17-9/h6H,3-5H2,1-2H3,(H,15,16)(H,12,13,14). The Kier molecular flexibility index (Phi) is 4.56. The highest BCUT2D eigenvalue weighted by Crippen LogP contribution is 2.31. The van der Waals surface area contributed by atoms with Gasteiger partial charge in [0.1, 0.15) is 5.51 Å². The molecule has 0 atom stereocenters. The number of carboxylic acid groups (broad SMARTS) is 1. The number of nitrogens with one attached hydrogen (secondary N) is 1. The van der Waals surface area contributed by atoms with E-state index >= 15 is 0 Å². The predicted octanol–water partition coefficient (Wildman–Crippen LogP) is 1.76. The van der Waals surface area contributed by atoms with Gasteiger partial charge in [-0.05, 0) is 12.8 Å². The van der Waals surface area contributed by atoms with Crippen LogP contribution in [-0.2, 0) is 9.59 Å². The number of aliphatic carboxylic acids is 1. The lowest BCUT2D eigenvalue weighted by Gasteiger charge is -2.25. The maximum absolute atomic E-state index is 11.7. The number of hydrogen-bond donors (Lipinski definition) is 2. The summed E-state index contributed by atoms with van der Waals surface area (Å²) in [6.07, 6.45) is 0.791. The molecule has 0 bridgehead atoms. The number of carbonyl (C=O) groups excluding carboxylic acids is 1. The third-order valence-corrected chi connectivity index (χ3v) is 3.52. The first-order valence-electron chi connectivity index (χ1n) is 5.33. The Hall–Kier alpha value is -1.50. The monoisotopic (exact) mass is 257 g/mol. The van der Waals surface area contributed by atoms with Crippen molar-refractivity contribution in [2.45, 2.75) is 33.1 Å². The summed E-state index contributed by atoms with van der Waals surface area (Å²) in [4.78, 5) is 22.9. The number of hydrogen-bond acceptors (Lipinski definition) is 5. The van der Waals surface area contributed by atoms with Crippen LogP contribution in [0.4, 0.5) is 5.13 Å². The molecule has 0 aliphatic carbocycles. The second kappa shape index (κ2) is 5.72. The molecule has 94 valence electrons. The zero-order chi connectivity index (χ0) is 12.9. The quantitative estimate of drug-likeness (QED) is 0.810. The zero-order valence-electron chi connectivity index (χ0n) is 9.77. The van der Waals surface area contributed by atoms with Crippen LogP contribution in [0.3, 0.4) is 0 Å². The first kappa shape index (κ1) is 13.6. The van der Waals surface area contributed by atoms with E-state index in [2.05, 4.69) is 15.5 Å². The van der Waals surface area contributed by atoms with Crippen molar-refractivity contribution in [2.24, 2.45) is 5.41 Å². The lowest BCUT2D eigenvalue weighted by Crippen LogP contribution is -2.34. The fourth-order valence-electron chi connectivity index (χ4n) is 1.58. The minimum Gasteiger partial charge on any atom is -0.481 e. The van der Waals surface area contributed by atoms with Crippen LogP contribution in [0.5, 0.6) is 0 Å². The topological polar surface area (TPSA) is 92.2 Å². The van der Waals surface area contributed by atoms with Gasteiger partial charge in [-0.25, -0.2) is 0 Å². The van der Waals surface area contributed by atoms with E-state index in [1.807, 2.05) is 0 Å². The summed E-state index contributed by atoms with van der Waals surface area (Å²) < 4.78 is 0. The van der Waals surface area contributed by atoms with Gasteiger partial charge >= 0.3 is 5.97 Å². The molecule has 0 aliphatic rings. The highest BCUT2D eigenvalue weighted by Gasteiger charge is 2.37. The summed E-state index contributed by atoms with van der Waals surface area (Å²) in [5.41, 5.74) is 0.508. The molecule has 0 saturated carbocycles. The molecule has 0 radical (unpaired) electrons. The summed E-state index contributed by atoms with van der Waals surface area (Å²) in [6.45, 7) is 3.55. The van der Waals surface area contributed by atoms with Crippen LogP contribution in [0.2, 0.25) is 0 Å². The maximum atomic E-state index is 11.7. The van der Waals surface area contributed by atoms with Crippen LogP contribution in [-0.4, -0.2) is 27.2 Å². The van der Waals surface area contributed by atoms with Gasteiger partial charge in [0.2, 0.25) is 11.0 Å². The van der Waals surface area contributed by atoms with Crippen molar-refractivity contribution in [3.63, 3.8) is 0 Å². The first-order chi connectivity index (χ1) is 8.04. The minimum absolute atomic E-state index is 0.0467. The second-order valence-corrected chi connectivity index (χ2v) is 4.59. The van der Waals surface area contributed by atoms with Gasteiger partial charge in [-0.15, -0.1) is 10.2 Å². The van der Waals surface area contributed by atoms with Crippen LogP contribution in [0, 0.1) is 5.41 Å². The molecule has 0 saturated heterocycles. The van der Waals surface area contributed by atoms with E-state index in [-0.39, 0.29) is 12.3 Å². The first-order valence-corrected chi connectivity index (χ1v) is 6.21. The molecule has 0 aromatic carbocycles. The van der Waals surface area contributed by atoms with E-state index in [0.29, 0.717) is 18.0 Å². The molecule has 1 amide bonds. The fourth-order valence-corrected chi connectivity index (χ4v) is 2.04. The second-order valence-electron chi connectivity index (χ2n) is 3.76. The third-order valence-electron chi connectivity index (χ3n) is 2.91. The van der Waals surface area contributed by atoms with Gasteiger partial charge in [-0.2, -0.15) is 0 Å². The summed E-state index contributed by atoms with van der Waals surface area (Å²) in [7, 11) is 0. The number of aromatic nitrogens is 2. The lowest BCUT2D eigenvalue weighted by molar-refractivity contribution is -0.151. The van der Waals surface area contributed by atoms with Crippen molar-refractivity contribution in [3.8, 4) is 0 Å². The number of carbonyl (C=O) groups is 2. The van der Waals surface area contributed by atoms with Crippen molar-refractivity contribution >= 4 is 28.3 Å². The Morgan fingerprint density at radius 2 is 2.12 bits per heavy atom. The highest BCUT2D eigenvalue weighted by molar-refractivity contribution is 7.13. The molecule has 0 unspecified atom stereocenters. The van der Waals surface area contributed by atoms with Crippen LogP contribution in [0.25, 0.3) is 0 Å². The molecule has 6 nitrogen and oxygen atoms in total. The maximum Gasteiger partial charge on any atom is 0.310 e. The molecule has 1 rings (SSSR count). The van der Waals surface area contributed by atoms with Crippen LogP contribution < -0.4 is 5.32 Å². The molecule has 0 aliphatic heterocycles. The van der Waals surface area contributed by atoms with Crippen LogP contribution in [0.1, 0.15) is 33.1 Å². The summed E-state index contributed by atoms with van der Waals surface area (Å²) in [6, 6.07) is 0. The molecule has 1 aromatic rings. The fraction of sp³-hybridized carbons (Fsp3) is 0.600. The van der Waals surface area contributed by atoms with E-state index in [4.69, 9.17) is 0 Å². The average Bonchev–Trinajstić information content (AvgIpc) is 2.78. The Balaban J connectivity index is 2.68. The van der Waals surface area contributed by atoms with Gasteiger partial charge in [-0.1, -0.05) is 25.2 Å². The highest BCUT2D eigenvalue weighted by atomic mass is 32.1. The number of rotatable bonds is 6. The molecule has 7 heteroatoms. The Morgan fingerprint density at radius 3 is 2.53 bits per heavy atom. The average molecular weight is 257 g/mol. The number of anilines is 1. The van der Waals surface area contributed by atoms with E-state index in [1.165, 1.54) is 16.8 Å². The normalized spacial score (nSPS) is 11.2. The SMILES string of the molecule is CCC(CC)(CC(=O)Nc1nncs1)C(=O)O. The van der Waals surface area contributed by atoms with Gasteiger partial charge in [0, 0.05) is 6.42 Å². The largest absolute Gasteiger partial charge is 0.481 e. The zero-order valence-corrected chi connectivity index (χ0v) is 10.6. The van der Waals surface area contributed by atoms with Gasteiger partial charge in [0.25, 0.3) is 0 Å². The van der Waals surface area contributed by atoms with Crippen molar-refractivity contribution in [2.75, 3.05) is 5.32 Å². The third kappa shape index (κ3) is 3.23. The van der Waals surface area contributed by atoms with Crippen molar-refractivity contribution in [1.82, 2.24) is 10.2 Å². The van der Waals surface area contributed by atoms with E-state index in [1.54, 1.807) is 13.8 Å². The molecule has 0 fully saturated rings. The molecule has 1 heterocycles. The van der Waals surface area contributed by atoms with Gasteiger partial charge < -0.3 is 10.4 Å². The Bertz CT molecular complexity index is 388. The van der Waals surface area contributed by atoms with Crippen molar-refractivity contribution in [3.05, 3.63) is 5.51 Å². The Morgan fingerprint density at radius 1 is 1.47 bits per heavy atom. The molecule has 2 N–H and O–H groups in total. The molecular formula is C10H15N3O3S. The molecule has 1 aromatic heterocycles. The predicted molar refractivity (Wildman–Crippen MR) is 63.8 cm³/mol. The van der Waals surface area contributed by atoms with Crippen molar-refractivity contribution < 1.29 is 14.7 Å².